The van der Waals surface area contributed by atoms with Gasteiger partial charge in [0, 0.05) is 54.1 Å². The van der Waals surface area contributed by atoms with Crippen LogP contribution >= 0.6 is 0 Å². The molecule has 6 heteroatoms. The van der Waals surface area contributed by atoms with Crippen LogP contribution in [-0.2, 0) is 6.54 Å². The van der Waals surface area contributed by atoms with Gasteiger partial charge in [-0.2, -0.15) is 0 Å². The summed E-state index contributed by atoms with van der Waals surface area (Å²) in [5, 5.41) is 13.1. The number of fused-ring (bicyclic) bond motifs is 1. The summed E-state index contributed by atoms with van der Waals surface area (Å²) in [5.41, 5.74) is 5.15. The van der Waals surface area contributed by atoms with Crippen molar-refractivity contribution in [2.45, 2.75) is 52.4 Å². The van der Waals surface area contributed by atoms with Gasteiger partial charge in [0.2, 0.25) is 0 Å². The van der Waals surface area contributed by atoms with Gasteiger partial charge in [-0.3, -0.25) is 14.9 Å². The Morgan fingerprint density at radius 3 is 2.61 bits per heavy atom. The lowest BCUT2D eigenvalue weighted by atomic mass is 9.94. The van der Waals surface area contributed by atoms with E-state index in [1.165, 1.54) is 6.07 Å². The fourth-order valence-corrected chi connectivity index (χ4v) is 4.49. The molecule has 3 heterocycles. The number of rotatable bonds is 3. The van der Waals surface area contributed by atoms with Crippen molar-refractivity contribution in [3.63, 3.8) is 0 Å². The van der Waals surface area contributed by atoms with Crippen LogP contribution < -0.4 is 5.32 Å². The Bertz CT molecular complexity index is 932. The number of phenols is 1. The second kappa shape index (κ2) is 7.26. The van der Waals surface area contributed by atoms with Crippen LogP contribution in [0.15, 0.2) is 29.3 Å². The molecule has 2 aliphatic heterocycles. The van der Waals surface area contributed by atoms with Crippen LogP contribution in [0.4, 0.5) is 4.39 Å². The predicted molar refractivity (Wildman–Crippen MR) is 109 cm³/mol. The van der Waals surface area contributed by atoms with Crippen molar-refractivity contribution >= 4 is 5.71 Å². The van der Waals surface area contributed by atoms with E-state index in [1.807, 2.05) is 13.0 Å². The number of phenolic OH excluding ortho intramolecular Hbond substituents is 1. The average Bonchev–Trinajstić information content (AvgIpc) is 3.00. The third-order valence-corrected chi connectivity index (χ3v) is 5.76. The highest BCUT2D eigenvalue weighted by atomic mass is 19.1. The van der Waals surface area contributed by atoms with Gasteiger partial charge in [-0.05, 0) is 51.5 Å². The first-order valence-corrected chi connectivity index (χ1v) is 9.87. The normalized spacial score (nSPS) is 23.4. The van der Waals surface area contributed by atoms with E-state index in [1.54, 1.807) is 6.07 Å². The molecule has 3 atom stereocenters. The lowest BCUT2D eigenvalue weighted by Crippen LogP contribution is -2.54. The Morgan fingerprint density at radius 1 is 1.21 bits per heavy atom. The van der Waals surface area contributed by atoms with Gasteiger partial charge in [-0.15, -0.1) is 0 Å². The minimum absolute atomic E-state index is 0.0843. The number of hydrogen-bond acceptors (Lipinski definition) is 5. The molecule has 1 unspecified atom stereocenters. The van der Waals surface area contributed by atoms with E-state index in [0.717, 1.165) is 41.7 Å². The summed E-state index contributed by atoms with van der Waals surface area (Å²) < 4.78 is 14.5. The Labute approximate surface area is 165 Å². The quantitative estimate of drug-likeness (QED) is 0.851. The summed E-state index contributed by atoms with van der Waals surface area (Å²) in [6, 6.07) is 7.24. The zero-order valence-electron chi connectivity index (χ0n) is 16.8. The van der Waals surface area contributed by atoms with Crippen LogP contribution in [-0.4, -0.2) is 45.9 Å². The fraction of sp³-hybridized carbons (Fsp3) is 0.455. The fourth-order valence-electron chi connectivity index (χ4n) is 4.49. The number of nitrogens with one attached hydrogen (secondary N) is 1. The van der Waals surface area contributed by atoms with Crippen molar-refractivity contribution < 1.29 is 9.50 Å². The lowest BCUT2D eigenvalue weighted by Gasteiger charge is -2.40. The molecule has 148 valence electrons. The maximum Gasteiger partial charge on any atom is 0.136 e. The van der Waals surface area contributed by atoms with Crippen molar-refractivity contribution in [3.05, 3.63) is 46.9 Å². The number of benzene rings is 1. The van der Waals surface area contributed by atoms with Crippen LogP contribution in [0, 0.1) is 5.82 Å². The van der Waals surface area contributed by atoms with Gasteiger partial charge in [-0.1, -0.05) is 0 Å². The van der Waals surface area contributed by atoms with Crippen LogP contribution in [0.2, 0.25) is 0 Å². The number of halogens is 1. The highest BCUT2D eigenvalue weighted by Crippen LogP contribution is 2.35. The van der Waals surface area contributed by atoms with E-state index in [0.29, 0.717) is 29.9 Å². The largest absolute Gasteiger partial charge is 0.508 e. The predicted octanol–water partition coefficient (Wildman–Crippen LogP) is 3.66. The van der Waals surface area contributed by atoms with E-state index >= 15 is 0 Å². The Morgan fingerprint density at radius 2 is 1.93 bits per heavy atom. The molecular formula is C22H27FN4O. The molecule has 0 bridgehead atoms. The number of pyridine rings is 1. The SMILES string of the molecule is CC1=NCc2nc(-c3ccc(O)cc3F)cc(C(C)N3C[C@@H](C)N[C@@H](C)C3)c21. The van der Waals surface area contributed by atoms with Crippen LogP contribution in [0.5, 0.6) is 5.75 Å². The van der Waals surface area contributed by atoms with Crippen LogP contribution in [0.1, 0.15) is 50.6 Å². The molecule has 1 saturated heterocycles. The van der Waals surface area contributed by atoms with Crippen LogP contribution in [0.3, 0.4) is 0 Å². The molecule has 5 nitrogen and oxygen atoms in total. The lowest BCUT2D eigenvalue weighted by molar-refractivity contribution is 0.131. The number of aliphatic imine (C=N–C) groups is 1. The van der Waals surface area contributed by atoms with Crippen molar-refractivity contribution in [2.75, 3.05) is 13.1 Å². The molecule has 0 spiro atoms. The minimum atomic E-state index is -0.467. The zero-order valence-corrected chi connectivity index (χ0v) is 16.8. The molecular weight excluding hydrogens is 355 g/mol. The van der Waals surface area contributed by atoms with Crippen molar-refractivity contribution in [2.24, 2.45) is 4.99 Å². The highest BCUT2D eigenvalue weighted by Gasteiger charge is 2.30. The maximum atomic E-state index is 14.5. The third-order valence-electron chi connectivity index (χ3n) is 5.76. The molecule has 28 heavy (non-hydrogen) atoms. The standard InChI is InChI=1S/C22H27FN4O/c1-12-10-27(11-13(2)25-12)15(4)18-8-20(17-6-5-16(28)7-19(17)23)26-21-9-24-14(3)22(18)21/h5-8,12-13,15,25,28H,9-11H2,1-4H3/t12-,13+,15?. The summed E-state index contributed by atoms with van der Waals surface area (Å²) >= 11 is 0. The van der Waals surface area contributed by atoms with Gasteiger partial charge < -0.3 is 10.4 Å². The van der Waals surface area contributed by atoms with E-state index in [4.69, 9.17) is 4.98 Å². The average molecular weight is 382 g/mol. The second-order valence-electron chi connectivity index (χ2n) is 8.08. The number of aromatic nitrogens is 1. The molecule has 1 aromatic carbocycles. The Kier molecular flexibility index (Phi) is 4.93. The first-order chi connectivity index (χ1) is 13.3. The van der Waals surface area contributed by atoms with Gasteiger partial charge >= 0.3 is 0 Å². The van der Waals surface area contributed by atoms with E-state index < -0.39 is 5.82 Å². The van der Waals surface area contributed by atoms with Crippen molar-refractivity contribution in [3.8, 4) is 17.0 Å². The molecule has 0 aliphatic carbocycles. The molecule has 1 aromatic heterocycles. The number of piperazine rings is 1. The van der Waals surface area contributed by atoms with E-state index in [2.05, 4.69) is 36.0 Å². The van der Waals surface area contributed by atoms with Gasteiger partial charge in [0.1, 0.15) is 11.6 Å². The van der Waals surface area contributed by atoms with Gasteiger partial charge in [-0.25, -0.2) is 4.39 Å². The Balaban J connectivity index is 1.79. The van der Waals surface area contributed by atoms with Crippen molar-refractivity contribution in [1.29, 1.82) is 0 Å². The molecule has 0 radical (unpaired) electrons. The molecule has 2 aliphatic rings. The van der Waals surface area contributed by atoms with E-state index in [-0.39, 0.29) is 11.8 Å². The third kappa shape index (κ3) is 3.42. The highest BCUT2D eigenvalue weighted by molar-refractivity contribution is 6.03. The first-order valence-electron chi connectivity index (χ1n) is 9.87. The zero-order chi connectivity index (χ0) is 20.0. The monoisotopic (exact) mass is 382 g/mol. The smallest absolute Gasteiger partial charge is 0.136 e. The molecule has 1 fully saturated rings. The van der Waals surface area contributed by atoms with Crippen molar-refractivity contribution in [1.82, 2.24) is 15.2 Å². The summed E-state index contributed by atoms with van der Waals surface area (Å²) in [5.74, 6) is -0.551. The van der Waals surface area contributed by atoms with E-state index in [9.17, 15) is 9.50 Å². The molecule has 0 saturated carbocycles. The number of aromatic hydroxyl groups is 1. The molecule has 2 aromatic rings. The summed E-state index contributed by atoms with van der Waals surface area (Å²) in [6.45, 7) is 11.1. The summed E-state index contributed by atoms with van der Waals surface area (Å²) in [7, 11) is 0. The molecule has 0 amide bonds. The molecule has 2 N–H and O–H groups in total. The second-order valence-corrected chi connectivity index (χ2v) is 8.08. The Hall–Kier alpha value is -2.31. The van der Waals surface area contributed by atoms with Crippen LogP contribution in [0.25, 0.3) is 11.3 Å². The van der Waals surface area contributed by atoms with Gasteiger partial charge in [0.25, 0.3) is 0 Å². The first kappa shape index (κ1) is 19.0. The minimum Gasteiger partial charge on any atom is -0.508 e. The maximum absolute atomic E-state index is 14.5. The molecule has 4 rings (SSSR count). The number of nitrogens with zero attached hydrogens (tertiary/aromatic N) is 3. The summed E-state index contributed by atoms with van der Waals surface area (Å²) in [4.78, 5) is 11.8. The van der Waals surface area contributed by atoms with Gasteiger partial charge in [0.05, 0.1) is 17.9 Å². The summed E-state index contributed by atoms with van der Waals surface area (Å²) in [6.07, 6.45) is 0. The number of hydrogen-bond donors (Lipinski definition) is 2. The van der Waals surface area contributed by atoms with Gasteiger partial charge in [0.15, 0.2) is 0 Å². The topological polar surface area (TPSA) is 60.8 Å².